The summed E-state index contributed by atoms with van der Waals surface area (Å²) in [7, 11) is 1.53. The minimum absolute atomic E-state index is 0.0196. The first-order valence-electron chi connectivity index (χ1n) is 8.70. The van der Waals surface area contributed by atoms with Crippen molar-refractivity contribution in [1.82, 2.24) is 10.2 Å². The van der Waals surface area contributed by atoms with Gasteiger partial charge in [-0.1, -0.05) is 24.3 Å². The molecule has 0 aliphatic rings. The summed E-state index contributed by atoms with van der Waals surface area (Å²) >= 11 is 0. The van der Waals surface area contributed by atoms with Gasteiger partial charge < -0.3 is 19.1 Å². The summed E-state index contributed by atoms with van der Waals surface area (Å²) in [4.78, 5) is 37.1. The lowest BCUT2D eigenvalue weighted by molar-refractivity contribution is -0.121. The van der Waals surface area contributed by atoms with Crippen LogP contribution in [0.25, 0.3) is 11.3 Å². The van der Waals surface area contributed by atoms with E-state index < -0.39 is 5.91 Å². The molecule has 0 aliphatic heterocycles. The van der Waals surface area contributed by atoms with Crippen molar-refractivity contribution < 1.29 is 23.2 Å². The van der Waals surface area contributed by atoms with Crippen molar-refractivity contribution in [3.63, 3.8) is 0 Å². The van der Waals surface area contributed by atoms with Gasteiger partial charge in [0.1, 0.15) is 11.5 Å². The normalized spacial score (nSPS) is 10.5. The Bertz CT molecular complexity index is 971. The Balaban J connectivity index is 1.59. The fourth-order valence-electron chi connectivity index (χ4n) is 2.61. The number of rotatable bonds is 7. The second kappa shape index (κ2) is 8.39. The Morgan fingerprint density at radius 3 is 2.43 bits per heavy atom. The highest BCUT2D eigenvalue weighted by Gasteiger charge is 2.19. The van der Waals surface area contributed by atoms with Gasteiger partial charge in [-0.3, -0.25) is 14.4 Å². The summed E-state index contributed by atoms with van der Waals surface area (Å²) in [6, 6.07) is 13.7. The fourth-order valence-corrected chi connectivity index (χ4v) is 2.61. The minimum atomic E-state index is -0.403. The van der Waals surface area contributed by atoms with Crippen LogP contribution >= 0.6 is 0 Å². The van der Waals surface area contributed by atoms with Crippen LogP contribution in [0.3, 0.4) is 0 Å². The lowest BCUT2D eigenvalue weighted by Gasteiger charge is -2.15. The maximum Gasteiger partial charge on any atom is 0.289 e. The molecule has 7 heteroatoms. The van der Waals surface area contributed by atoms with Crippen molar-refractivity contribution in [2.24, 2.45) is 0 Å². The largest absolute Gasteiger partial charge is 0.467 e. The molecule has 3 rings (SSSR count). The smallest absolute Gasteiger partial charge is 0.289 e. The van der Waals surface area contributed by atoms with Crippen LogP contribution in [-0.4, -0.2) is 36.1 Å². The average molecular weight is 380 g/mol. The van der Waals surface area contributed by atoms with Gasteiger partial charge in [0.15, 0.2) is 11.5 Å². The quantitative estimate of drug-likeness (QED) is 0.636. The van der Waals surface area contributed by atoms with Crippen molar-refractivity contribution in [1.29, 1.82) is 0 Å². The van der Waals surface area contributed by atoms with Gasteiger partial charge in [-0.15, -0.1) is 0 Å². The highest BCUT2D eigenvalue weighted by atomic mass is 16.4. The summed E-state index contributed by atoms with van der Waals surface area (Å²) in [5.74, 6) is 0.544. The lowest BCUT2D eigenvalue weighted by atomic mass is 10.1. The van der Waals surface area contributed by atoms with Crippen LogP contribution in [0, 0.1) is 0 Å². The average Bonchev–Trinajstić information content (AvgIpc) is 3.38. The van der Waals surface area contributed by atoms with Gasteiger partial charge in [-0.2, -0.15) is 0 Å². The zero-order chi connectivity index (χ0) is 20.1. The summed E-state index contributed by atoms with van der Waals surface area (Å²) < 4.78 is 10.8. The van der Waals surface area contributed by atoms with E-state index in [2.05, 4.69) is 5.32 Å². The first-order valence-corrected chi connectivity index (χ1v) is 8.70. The Labute approximate surface area is 161 Å². The molecule has 1 aromatic carbocycles. The first-order chi connectivity index (χ1) is 13.4. The standard InChI is InChI=1S/C21H20N2O5/c1-14(24)15-5-7-16(8-6-15)18-9-10-19(28-18)21(26)23(2)13-20(25)22-12-17-4-3-11-27-17/h3-11H,12-13H2,1-2H3,(H,22,25). The minimum Gasteiger partial charge on any atom is -0.467 e. The maximum atomic E-state index is 12.5. The fraction of sp³-hybridized carbons (Fsp3) is 0.190. The molecule has 2 amide bonds. The molecule has 0 saturated carbocycles. The van der Waals surface area contributed by atoms with Crippen LogP contribution in [0.15, 0.2) is 63.6 Å². The van der Waals surface area contributed by atoms with Gasteiger partial charge >= 0.3 is 0 Å². The maximum absolute atomic E-state index is 12.5. The number of hydrogen-bond donors (Lipinski definition) is 1. The molecule has 1 N–H and O–H groups in total. The third kappa shape index (κ3) is 4.56. The van der Waals surface area contributed by atoms with Crippen molar-refractivity contribution in [2.75, 3.05) is 13.6 Å². The van der Waals surface area contributed by atoms with E-state index in [-0.39, 0.29) is 30.5 Å². The molecule has 0 atom stereocenters. The third-order valence-corrected chi connectivity index (χ3v) is 4.16. The molecule has 2 heterocycles. The molecule has 0 radical (unpaired) electrons. The molecule has 0 fully saturated rings. The molecule has 3 aromatic rings. The SMILES string of the molecule is CC(=O)c1ccc(-c2ccc(C(=O)N(C)CC(=O)NCc3ccco3)o2)cc1. The molecule has 7 nitrogen and oxygen atoms in total. The Morgan fingerprint density at radius 2 is 1.79 bits per heavy atom. The Morgan fingerprint density at radius 1 is 1.04 bits per heavy atom. The van der Waals surface area contributed by atoms with E-state index in [0.717, 1.165) is 5.56 Å². The number of carbonyl (C=O) groups is 3. The summed E-state index contributed by atoms with van der Waals surface area (Å²) in [5.41, 5.74) is 1.36. The predicted octanol–water partition coefficient (Wildman–Crippen LogP) is 3.13. The number of carbonyl (C=O) groups excluding carboxylic acids is 3. The van der Waals surface area contributed by atoms with E-state index in [4.69, 9.17) is 8.83 Å². The number of likely N-dealkylation sites (N-methyl/N-ethyl adjacent to an activating group) is 1. The molecule has 144 valence electrons. The van der Waals surface area contributed by atoms with E-state index in [1.807, 2.05) is 0 Å². The Kier molecular flexibility index (Phi) is 5.74. The van der Waals surface area contributed by atoms with Gasteiger partial charge in [-0.05, 0) is 31.2 Å². The number of nitrogens with zero attached hydrogens (tertiary/aromatic N) is 1. The molecule has 0 saturated heterocycles. The zero-order valence-corrected chi connectivity index (χ0v) is 15.6. The molecule has 28 heavy (non-hydrogen) atoms. The molecule has 0 aliphatic carbocycles. The van der Waals surface area contributed by atoms with E-state index in [1.165, 1.54) is 25.1 Å². The van der Waals surface area contributed by atoms with Gasteiger partial charge in [0.05, 0.1) is 19.4 Å². The van der Waals surface area contributed by atoms with E-state index in [9.17, 15) is 14.4 Å². The number of benzene rings is 1. The number of nitrogens with one attached hydrogen (secondary N) is 1. The summed E-state index contributed by atoms with van der Waals surface area (Å²) in [6.45, 7) is 1.65. The van der Waals surface area contributed by atoms with Crippen LogP contribution in [0.1, 0.15) is 33.6 Å². The molecular formula is C21H20N2O5. The molecule has 2 aromatic heterocycles. The molecule has 0 bridgehead atoms. The second-order valence-electron chi connectivity index (χ2n) is 6.31. The van der Waals surface area contributed by atoms with Gasteiger partial charge in [-0.25, -0.2) is 0 Å². The van der Waals surface area contributed by atoms with Crippen molar-refractivity contribution in [3.8, 4) is 11.3 Å². The number of furan rings is 2. The highest BCUT2D eigenvalue weighted by molar-refractivity contribution is 5.95. The second-order valence-corrected chi connectivity index (χ2v) is 6.31. The molecule has 0 unspecified atom stereocenters. The van der Waals surface area contributed by atoms with Crippen LogP contribution in [0.5, 0.6) is 0 Å². The van der Waals surface area contributed by atoms with Gasteiger partial charge in [0, 0.05) is 18.2 Å². The van der Waals surface area contributed by atoms with Crippen LogP contribution in [-0.2, 0) is 11.3 Å². The monoisotopic (exact) mass is 380 g/mol. The summed E-state index contributed by atoms with van der Waals surface area (Å²) in [6.07, 6.45) is 1.53. The van der Waals surface area contributed by atoms with Gasteiger partial charge in [0.2, 0.25) is 5.91 Å². The van der Waals surface area contributed by atoms with E-state index in [1.54, 1.807) is 48.5 Å². The van der Waals surface area contributed by atoms with Crippen LogP contribution in [0.4, 0.5) is 0 Å². The third-order valence-electron chi connectivity index (χ3n) is 4.16. The van der Waals surface area contributed by atoms with Gasteiger partial charge in [0.25, 0.3) is 5.91 Å². The number of Topliss-reactive ketones (excluding diaryl/α,β-unsaturated/α-hetero) is 1. The zero-order valence-electron chi connectivity index (χ0n) is 15.6. The first kappa shape index (κ1) is 19.2. The molecular weight excluding hydrogens is 360 g/mol. The summed E-state index contributed by atoms with van der Waals surface area (Å²) in [5, 5.41) is 2.68. The lowest BCUT2D eigenvalue weighted by Crippen LogP contribution is -2.37. The van der Waals surface area contributed by atoms with E-state index >= 15 is 0 Å². The van der Waals surface area contributed by atoms with Crippen molar-refractivity contribution >= 4 is 17.6 Å². The number of ketones is 1. The number of hydrogen-bond acceptors (Lipinski definition) is 5. The van der Waals surface area contributed by atoms with Crippen LogP contribution < -0.4 is 5.32 Å². The highest BCUT2D eigenvalue weighted by Crippen LogP contribution is 2.23. The van der Waals surface area contributed by atoms with Crippen LogP contribution in [0.2, 0.25) is 0 Å². The topological polar surface area (TPSA) is 92.8 Å². The molecule has 0 spiro atoms. The van der Waals surface area contributed by atoms with Crippen molar-refractivity contribution in [3.05, 3.63) is 71.9 Å². The number of amides is 2. The Hall–Kier alpha value is -3.61. The predicted molar refractivity (Wildman–Crippen MR) is 102 cm³/mol. The van der Waals surface area contributed by atoms with Crippen molar-refractivity contribution in [2.45, 2.75) is 13.5 Å². The van der Waals surface area contributed by atoms with E-state index in [0.29, 0.717) is 17.1 Å².